The molecule has 0 aromatic carbocycles. The van der Waals surface area contributed by atoms with Gasteiger partial charge in [-0.25, -0.2) is 9.97 Å². The molecule has 136 valence electrons. The third kappa shape index (κ3) is 3.52. The molecule has 0 saturated carbocycles. The van der Waals surface area contributed by atoms with Gasteiger partial charge in [-0.1, -0.05) is 12.1 Å². The molecule has 25 heavy (non-hydrogen) atoms. The Bertz CT molecular complexity index is 722. The number of anilines is 1. The zero-order valence-corrected chi connectivity index (χ0v) is 15.7. The van der Waals surface area contributed by atoms with E-state index in [-0.39, 0.29) is 6.10 Å². The molecule has 0 spiro atoms. The summed E-state index contributed by atoms with van der Waals surface area (Å²) in [6.45, 7) is 11.2. The Labute approximate surface area is 148 Å². The summed E-state index contributed by atoms with van der Waals surface area (Å²) < 4.78 is 11.2. The Morgan fingerprint density at radius 3 is 2.68 bits per heavy atom. The summed E-state index contributed by atoms with van der Waals surface area (Å²) in [5, 5.41) is 7.28. The first-order chi connectivity index (χ1) is 12.0. The van der Waals surface area contributed by atoms with Crippen LogP contribution in [-0.4, -0.2) is 54.5 Å². The van der Waals surface area contributed by atoms with Gasteiger partial charge < -0.3 is 19.5 Å². The van der Waals surface area contributed by atoms with E-state index in [2.05, 4.69) is 29.2 Å². The second-order valence-electron chi connectivity index (χ2n) is 6.49. The topological polar surface area (TPSA) is 76.3 Å². The maximum Gasteiger partial charge on any atom is 0.143 e. The maximum atomic E-state index is 5.83. The summed E-state index contributed by atoms with van der Waals surface area (Å²) in [5.74, 6) is 2.63. The molecule has 0 unspecified atom stereocenters. The van der Waals surface area contributed by atoms with E-state index in [0.717, 1.165) is 66.0 Å². The summed E-state index contributed by atoms with van der Waals surface area (Å²) in [6.07, 6.45) is 0.953. The van der Waals surface area contributed by atoms with Gasteiger partial charge in [0.2, 0.25) is 0 Å². The molecule has 1 saturated heterocycles. The zero-order valence-electron chi connectivity index (χ0n) is 15.7. The molecule has 3 heterocycles. The third-order valence-corrected chi connectivity index (χ3v) is 4.62. The fourth-order valence-corrected chi connectivity index (χ4v) is 3.34. The summed E-state index contributed by atoms with van der Waals surface area (Å²) in [4.78, 5) is 11.9. The first kappa shape index (κ1) is 17.8. The molecule has 0 bridgehead atoms. The van der Waals surface area contributed by atoms with Gasteiger partial charge in [0.15, 0.2) is 0 Å². The van der Waals surface area contributed by atoms with Crippen LogP contribution in [0.1, 0.15) is 29.8 Å². The fraction of sp³-hybridized carbons (Fsp3) is 0.611. The average Bonchev–Trinajstić information content (AvgIpc) is 2.94. The first-order valence-electron chi connectivity index (χ1n) is 8.87. The SMILES string of the molecule is CCc1nc(-c2c(C)noc2C)c(C)c(N2CCO[C@H](CNC)C2)n1. The number of likely N-dealkylation sites (N-methyl/N-ethyl adjacent to an activating group) is 1. The van der Waals surface area contributed by atoms with Gasteiger partial charge in [0.25, 0.3) is 0 Å². The number of nitrogens with zero attached hydrogens (tertiary/aromatic N) is 4. The van der Waals surface area contributed by atoms with Gasteiger partial charge in [0, 0.05) is 31.6 Å². The minimum atomic E-state index is 0.167. The van der Waals surface area contributed by atoms with Crippen LogP contribution in [-0.2, 0) is 11.2 Å². The molecule has 1 aliphatic heterocycles. The van der Waals surface area contributed by atoms with Crippen molar-refractivity contribution in [2.75, 3.05) is 38.2 Å². The van der Waals surface area contributed by atoms with Crippen LogP contribution in [0.15, 0.2) is 4.52 Å². The lowest BCUT2D eigenvalue weighted by Crippen LogP contribution is -2.47. The lowest BCUT2D eigenvalue weighted by molar-refractivity contribution is 0.0418. The van der Waals surface area contributed by atoms with Crippen LogP contribution in [0.25, 0.3) is 11.3 Å². The van der Waals surface area contributed by atoms with Gasteiger partial charge in [0.05, 0.1) is 29.7 Å². The minimum Gasteiger partial charge on any atom is -0.373 e. The Morgan fingerprint density at radius 2 is 2.04 bits per heavy atom. The monoisotopic (exact) mass is 345 g/mol. The van der Waals surface area contributed by atoms with Gasteiger partial charge >= 0.3 is 0 Å². The highest BCUT2D eigenvalue weighted by Gasteiger charge is 2.26. The Morgan fingerprint density at radius 1 is 1.24 bits per heavy atom. The lowest BCUT2D eigenvalue weighted by Gasteiger charge is -2.35. The molecule has 1 N–H and O–H groups in total. The van der Waals surface area contributed by atoms with Crippen LogP contribution >= 0.6 is 0 Å². The van der Waals surface area contributed by atoms with Crippen LogP contribution in [0.5, 0.6) is 0 Å². The molecular formula is C18H27N5O2. The molecule has 0 radical (unpaired) electrons. The highest BCUT2D eigenvalue weighted by molar-refractivity contribution is 5.71. The average molecular weight is 345 g/mol. The predicted molar refractivity (Wildman–Crippen MR) is 97.0 cm³/mol. The number of hydrogen-bond donors (Lipinski definition) is 1. The van der Waals surface area contributed by atoms with Crippen molar-refractivity contribution in [2.45, 2.75) is 40.2 Å². The first-order valence-corrected chi connectivity index (χ1v) is 8.87. The summed E-state index contributed by atoms with van der Waals surface area (Å²) in [5.41, 5.74) is 3.84. The number of rotatable bonds is 5. The normalized spacial score (nSPS) is 18.0. The highest BCUT2D eigenvalue weighted by atomic mass is 16.5. The second-order valence-corrected chi connectivity index (χ2v) is 6.49. The largest absolute Gasteiger partial charge is 0.373 e. The molecule has 1 fully saturated rings. The van der Waals surface area contributed by atoms with Crippen molar-refractivity contribution in [1.82, 2.24) is 20.4 Å². The smallest absolute Gasteiger partial charge is 0.143 e. The van der Waals surface area contributed by atoms with E-state index in [0.29, 0.717) is 6.61 Å². The van der Waals surface area contributed by atoms with Gasteiger partial charge in [-0.15, -0.1) is 0 Å². The minimum absolute atomic E-state index is 0.167. The third-order valence-electron chi connectivity index (χ3n) is 4.62. The Hall–Kier alpha value is -1.99. The number of aryl methyl sites for hydroxylation is 3. The quantitative estimate of drug-likeness (QED) is 0.888. The van der Waals surface area contributed by atoms with Crippen LogP contribution in [0.3, 0.4) is 0 Å². The zero-order chi connectivity index (χ0) is 18.0. The van der Waals surface area contributed by atoms with E-state index in [1.807, 2.05) is 20.9 Å². The van der Waals surface area contributed by atoms with E-state index in [1.165, 1.54) is 0 Å². The molecule has 3 rings (SSSR count). The van der Waals surface area contributed by atoms with Crippen LogP contribution < -0.4 is 10.2 Å². The molecule has 2 aromatic rings. The van der Waals surface area contributed by atoms with Crippen LogP contribution in [0, 0.1) is 20.8 Å². The molecule has 0 aliphatic carbocycles. The van der Waals surface area contributed by atoms with Gasteiger partial charge in [-0.05, 0) is 27.8 Å². The van der Waals surface area contributed by atoms with Gasteiger partial charge in [0.1, 0.15) is 17.4 Å². The van der Waals surface area contributed by atoms with E-state index >= 15 is 0 Å². The predicted octanol–water partition coefficient (Wildman–Crippen LogP) is 2.04. The van der Waals surface area contributed by atoms with Crippen molar-refractivity contribution in [3.8, 4) is 11.3 Å². The van der Waals surface area contributed by atoms with E-state index in [9.17, 15) is 0 Å². The van der Waals surface area contributed by atoms with Gasteiger partial charge in [-0.2, -0.15) is 0 Å². The van der Waals surface area contributed by atoms with Crippen molar-refractivity contribution < 1.29 is 9.26 Å². The van der Waals surface area contributed by atoms with Crippen LogP contribution in [0.2, 0.25) is 0 Å². The Balaban J connectivity index is 2.04. The van der Waals surface area contributed by atoms with E-state index < -0.39 is 0 Å². The molecule has 1 aliphatic rings. The fourth-order valence-electron chi connectivity index (χ4n) is 3.34. The second kappa shape index (κ2) is 7.49. The van der Waals surface area contributed by atoms with Gasteiger partial charge in [-0.3, -0.25) is 0 Å². The number of hydrogen-bond acceptors (Lipinski definition) is 7. The summed E-state index contributed by atoms with van der Waals surface area (Å²) in [7, 11) is 1.95. The highest BCUT2D eigenvalue weighted by Crippen LogP contribution is 2.32. The number of morpholine rings is 1. The number of ether oxygens (including phenoxy) is 1. The van der Waals surface area contributed by atoms with E-state index in [4.69, 9.17) is 19.2 Å². The molecule has 2 aromatic heterocycles. The standard InChI is InChI=1S/C18H27N5O2/c1-6-15-20-17(16-12(3)22-25-13(16)4)11(2)18(21-15)23-7-8-24-14(10-23)9-19-5/h14,19H,6-10H2,1-5H3/t14-/m1/s1. The van der Waals surface area contributed by atoms with E-state index in [1.54, 1.807) is 0 Å². The van der Waals surface area contributed by atoms with Crippen molar-refractivity contribution in [3.05, 3.63) is 22.8 Å². The molecule has 7 heteroatoms. The Kier molecular flexibility index (Phi) is 5.34. The van der Waals surface area contributed by atoms with Crippen molar-refractivity contribution in [1.29, 1.82) is 0 Å². The van der Waals surface area contributed by atoms with Crippen molar-refractivity contribution >= 4 is 5.82 Å². The molecule has 0 amide bonds. The number of aromatic nitrogens is 3. The molecular weight excluding hydrogens is 318 g/mol. The summed E-state index contributed by atoms with van der Waals surface area (Å²) >= 11 is 0. The van der Waals surface area contributed by atoms with Crippen molar-refractivity contribution in [3.63, 3.8) is 0 Å². The van der Waals surface area contributed by atoms with Crippen LogP contribution in [0.4, 0.5) is 5.82 Å². The molecule has 7 nitrogen and oxygen atoms in total. The summed E-state index contributed by atoms with van der Waals surface area (Å²) in [6, 6.07) is 0. The lowest BCUT2D eigenvalue weighted by atomic mass is 10.0. The molecule has 1 atom stereocenters. The maximum absolute atomic E-state index is 5.83. The van der Waals surface area contributed by atoms with Crippen molar-refractivity contribution in [2.24, 2.45) is 0 Å². The number of nitrogens with one attached hydrogen (secondary N) is 1.